The topological polar surface area (TPSA) is 28.2 Å². The summed E-state index contributed by atoms with van der Waals surface area (Å²) >= 11 is 0. The zero-order valence-corrected chi connectivity index (χ0v) is 8.19. The Labute approximate surface area is 84.1 Å². The standard InChI is InChI=1S/C11H15N3/c1-2-10(6-12-5-1)14-8-9-3-4-11(14)7-13-9/h1-2,5-6,9,11,13H,3-4,7-8H2/t9-,11-/m1/s1. The highest BCUT2D eigenvalue weighted by Gasteiger charge is 2.33. The number of rotatable bonds is 1. The lowest BCUT2D eigenvalue weighted by Crippen LogP contribution is -2.61. The van der Waals surface area contributed by atoms with Gasteiger partial charge in [-0.15, -0.1) is 0 Å². The van der Waals surface area contributed by atoms with Gasteiger partial charge in [0.1, 0.15) is 0 Å². The fourth-order valence-electron chi connectivity index (χ4n) is 2.55. The van der Waals surface area contributed by atoms with Gasteiger partial charge in [-0.05, 0) is 25.0 Å². The summed E-state index contributed by atoms with van der Waals surface area (Å²) in [6, 6.07) is 5.56. The maximum atomic E-state index is 4.18. The molecule has 1 aromatic rings. The Kier molecular flexibility index (Phi) is 1.91. The van der Waals surface area contributed by atoms with Crippen molar-refractivity contribution < 1.29 is 0 Å². The van der Waals surface area contributed by atoms with Crippen LogP contribution in [0, 0.1) is 0 Å². The summed E-state index contributed by atoms with van der Waals surface area (Å²) in [6.45, 7) is 2.29. The normalized spacial score (nSPS) is 30.7. The zero-order valence-electron chi connectivity index (χ0n) is 8.19. The second kappa shape index (κ2) is 3.24. The highest BCUT2D eigenvalue weighted by atomic mass is 15.3. The summed E-state index contributed by atoms with van der Waals surface area (Å²) in [5.41, 5.74) is 1.28. The van der Waals surface area contributed by atoms with E-state index in [1.54, 1.807) is 0 Å². The van der Waals surface area contributed by atoms with Crippen LogP contribution in [-0.2, 0) is 0 Å². The van der Waals surface area contributed by atoms with Gasteiger partial charge in [0.05, 0.1) is 11.9 Å². The van der Waals surface area contributed by atoms with E-state index in [0.29, 0.717) is 12.1 Å². The van der Waals surface area contributed by atoms with Crippen LogP contribution in [-0.4, -0.2) is 30.2 Å². The number of piperazine rings is 1. The number of piperidine rings is 2. The maximum Gasteiger partial charge on any atom is 0.0556 e. The highest BCUT2D eigenvalue weighted by Crippen LogP contribution is 2.27. The lowest BCUT2D eigenvalue weighted by molar-refractivity contribution is 0.290. The number of fused-ring (bicyclic) bond motifs is 3. The molecule has 3 fully saturated rings. The third kappa shape index (κ3) is 1.28. The van der Waals surface area contributed by atoms with Crippen molar-refractivity contribution in [3.63, 3.8) is 0 Å². The Bertz CT molecular complexity index is 304. The van der Waals surface area contributed by atoms with Gasteiger partial charge >= 0.3 is 0 Å². The summed E-state index contributed by atoms with van der Waals surface area (Å²) in [4.78, 5) is 6.68. The van der Waals surface area contributed by atoms with E-state index in [-0.39, 0.29) is 0 Å². The van der Waals surface area contributed by atoms with Crippen molar-refractivity contribution in [1.29, 1.82) is 0 Å². The summed E-state index contributed by atoms with van der Waals surface area (Å²) in [7, 11) is 0. The van der Waals surface area contributed by atoms with Gasteiger partial charge in [0, 0.05) is 31.4 Å². The van der Waals surface area contributed by atoms with Gasteiger partial charge in [-0.25, -0.2) is 0 Å². The minimum absolute atomic E-state index is 0.684. The van der Waals surface area contributed by atoms with Crippen molar-refractivity contribution in [3.05, 3.63) is 24.5 Å². The van der Waals surface area contributed by atoms with E-state index in [0.717, 1.165) is 13.1 Å². The van der Waals surface area contributed by atoms with Crippen LogP contribution in [0.15, 0.2) is 24.5 Å². The monoisotopic (exact) mass is 189 g/mol. The highest BCUT2D eigenvalue weighted by molar-refractivity contribution is 5.46. The fourth-order valence-corrected chi connectivity index (χ4v) is 2.55. The number of hydrogen-bond donors (Lipinski definition) is 1. The molecular formula is C11H15N3. The first-order valence-corrected chi connectivity index (χ1v) is 5.33. The lowest BCUT2D eigenvalue weighted by atomic mass is 9.93. The average Bonchev–Trinajstić information content (AvgIpc) is 2.32. The number of nitrogens with one attached hydrogen (secondary N) is 1. The van der Waals surface area contributed by atoms with Crippen LogP contribution >= 0.6 is 0 Å². The molecule has 0 amide bonds. The van der Waals surface area contributed by atoms with Gasteiger partial charge in [0.25, 0.3) is 0 Å². The molecule has 0 unspecified atom stereocenters. The van der Waals surface area contributed by atoms with Gasteiger partial charge in [-0.3, -0.25) is 4.98 Å². The van der Waals surface area contributed by atoms with E-state index in [2.05, 4.69) is 21.3 Å². The van der Waals surface area contributed by atoms with E-state index in [4.69, 9.17) is 0 Å². The van der Waals surface area contributed by atoms with Gasteiger partial charge in [-0.1, -0.05) is 0 Å². The molecule has 2 bridgehead atoms. The van der Waals surface area contributed by atoms with E-state index in [9.17, 15) is 0 Å². The number of anilines is 1. The Balaban J connectivity index is 1.86. The second-order valence-corrected chi connectivity index (χ2v) is 4.20. The van der Waals surface area contributed by atoms with Crippen LogP contribution in [0.1, 0.15) is 12.8 Å². The van der Waals surface area contributed by atoms with Crippen molar-refractivity contribution in [1.82, 2.24) is 10.3 Å². The molecule has 3 nitrogen and oxygen atoms in total. The number of pyridine rings is 1. The molecule has 0 aliphatic carbocycles. The van der Waals surface area contributed by atoms with Gasteiger partial charge in [0.15, 0.2) is 0 Å². The molecule has 0 spiro atoms. The summed E-state index contributed by atoms with van der Waals surface area (Å²) in [5, 5.41) is 3.56. The molecule has 2 atom stereocenters. The Hall–Kier alpha value is -1.09. The van der Waals surface area contributed by atoms with Crippen LogP contribution in [0.25, 0.3) is 0 Å². The van der Waals surface area contributed by atoms with Crippen LogP contribution in [0.3, 0.4) is 0 Å². The first-order valence-electron chi connectivity index (χ1n) is 5.33. The molecule has 3 saturated heterocycles. The van der Waals surface area contributed by atoms with E-state index in [1.807, 2.05) is 18.5 Å². The molecule has 1 N–H and O–H groups in total. The molecule has 0 saturated carbocycles. The van der Waals surface area contributed by atoms with Crippen molar-refractivity contribution >= 4 is 5.69 Å². The smallest absolute Gasteiger partial charge is 0.0556 e. The molecule has 3 heteroatoms. The SMILES string of the molecule is c1cncc(N2C[C@H]3CC[C@@H]2CN3)c1. The van der Waals surface area contributed by atoms with Crippen molar-refractivity contribution in [2.45, 2.75) is 24.9 Å². The van der Waals surface area contributed by atoms with Gasteiger partial charge in [-0.2, -0.15) is 0 Å². The zero-order chi connectivity index (χ0) is 9.38. The maximum absolute atomic E-state index is 4.18. The summed E-state index contributed by atoms with van der Waals surface area (Å²) in [6.07, 6.45) is 6.47. The third-order valence-corrected chi connectivity index (χ3v) is 3.33. The lowest BCUT2D eigenvalue weighted by Gasteiger charge is -2.47. The Morgan fingerprint density at radius 3 is 3.00 bits per heavy atom. The van der Waals surface area contributed by atoms with E-state index >= 15 is 0 Å². The number of aromatic nitrogens is 1. The molecule has 4 heterocycles. The Morgan fingerprint density at radius 1 is 1.43 bits per heavy atom. The van der Waals surface area contributed by atoms with Crippen molar-refractivity contribution in [2.75, 3.05) is 18.0 Å². The summed E-state index contributed by atoms with van der Waals surface area (Å²) < 4.78 is 0. The van der Waals surface area contributed by atoms with E-state index < -0.39 is 0 Å². The molecule has 4 rings (SSSR count). The number of nitrogens with zero attached hydrogens (tertiary/aromatic N) is 2. The molecule has 74 valence electrons. The quantitative estimate of drug-likeness (QED) is 0.715. The molecule has 0 aromatic carbocycles. The predicted molar refractivity (Wildman–Crippen MR) is 56.4 cm³/mol. The molecule has 1 aromatic heterocycles. The van der Waals surface area contributed by atoms with Gasteiger partial charge in [0.2, 0.25) is 0 Å². The first-order chi connectivity index (χ1) is 6.93. The van der Waals surface area contributed by atoms with Crippen LogP contribution in [0.4, 0.5) is 5.69 Å². The van der Waals surface area contributed by atoms with Crippen LogP contribution < -0.4 is 10.2 Å². The van der Waals surface area contributed by atoms with Crippen molar-refractivity contribution in [3.8, 4) is 0 Å². The van der Waals surface area contributed by atoms with Crippen LogP contribution in [0.5, 0.6) is 0 Å². The van der Waals surface area contributed by atoms with Gasteiger partial charge < -0.3 is 10.2 Å². The minimum Gasteiger partial charge on any atom is -0.364 e. The molecule has 0 radical (unpaired) electrons. The Morgan fingerprint density at radius 2 is 2.43 bits per heavy atom. The third-order valence-electron chi connectivity index (χ3n) is 3.33. The molecule has 3 aliphatic rings. The predicted octanol–water partition coefficient (Wildman–Crippen LogP) is 1.02. The van der Waals surface area contributed by atoms with E-state index in [1.165, 1.54) is 18.5 Å². The molecular weight excluding hydrogens is 174 g/mol. The first kappa shape index (κ1) is 8.24. The van der Waals surface area contributed by atoms with Crippen molar-refractivity contribution in [2.24, 2.45) is 0 Å². The summed E-state index contributed by atoms with van der Waals surface area (Å²) in [5.74, 6) is 0. The average molecular weight is 189 g/mol. The second-order valence-electron chi connectivity index (χ2n) is 4.20. The van der Waals surface area contributed by atoms with Crippen LogP contribution in [0.2, 0.25) is 0 Å². The molecule has 3 aliphatic heterocycles. The molecule has 14 heavy (non-hydrogen) atoms. The minimum atomic E-state index is 0.684. The largest absolute Gasteiger partial charge is 0.364 e. The fraction of sp³-hybridized carbons (Fsp3) is 0.545. The number of hydrogen-bond acceptors (Lipinski definition) is 3.